The zero-order chi connectivity index (χ0) is 30.4. The van der Waals surface area contributed by atoms with Crippen molar-refractivity contribution in [3.8, 4) is 16.9 Å². The lowest BCUT2D eigenvalue weighted by Crippen LogP contribution is -2.67. The van der Waals surface area contributed by atoms with E-state index in [-0.39, 0.29) is 35.6 Å². The number of benzene rings is 2. The molecule has 3 aliphatic carbocycles. The molecule has 0 fully saturated rings. The SMILES string of the molecule is C=C(C)c1ccc(-c2ccc(O)c3c2C[C@]2(C)C[C@]4(C)C(C(C)C)C(O)=C(C(C)=O)C(=O)[C@]4(O)C(O)=C2C3=O)cc1. The molecular weight excluding hydrogens is 520 g/mol. The highest BCUT2D eigenvalue weighted by molar-refractivity contribution is 6.25. The zero-order valence-electron chi connectivity index (χ0n) is 24.3. The molecule has 7 nitrogen and oxygen atoms in total. The topological polar surface area (TPSA) is 132 Å². The van der Waals surface area contributed by atoms with Crippen LogP contribution in [0.25, 0.3) is 16.7 Å². The molecule has 0 amide bonds. The van der Waals surface area contributed by atoms with Crippen LogP contribution in [-0.2, 0) is 16.0 Å². The maximum Gasteiger partial charge on any atom is 0.209 e. The number of aliphatic hydroxyl groups is 3. The highest BCUT2D eigenvalue weighted by Gasteiger charge is 2.71. The number of allylic oxidation sites excluding steroid dienone is 3. The quantitative estimate of drug-likeness (QED) is 0.337. The molecule has 4 N–H and O–H groups in total. The van der Waals surface area contributed by atoms with Crippen LogP contribution in [0, 0.1) is 22.7 Å². The van der Waals surface area contributed by atoms with E-state index in [0.29, 0.717) is 5.56 Å². The fraction of sp³-hybridized carbons (Fsp3) is 0.382. The van der Waals surface area contributed by atoms with Gasteiger partial charge in [-0.2, -0.15) is 0 Å². The third-order valence-electron chi connectivity index (χ3n) is 9.58. The third-order valence-corrected chi connectivity index (χ3v) is 9.58. The van der Waals surface area contributed by atoms with Crippen LogP contribution >= 0.6 is 0 Å². The van der Waals surface area contributed by atoms with Gasteiger partial charge in [-0.3, -0.25) is 14.4 Å². The number of aromatic hydroxyl groups is 1. The van der Waals surface area contributed by atoms with Crippen LogP contribution in [0.3, 0.4) is 0 Å². The first kappa shape index (κ1) is 28.6. The molecule has 5 rings (SSSR count). The van der Waals surface area contributed by atoms with E-state index in [2.05, 4.69) is 6.58 Å². The van der Waals surface area contributed by atoms with Crippen molar-refractivity contribution in [1.82, 2.24) is 0 Å². The molecule has 3 aliphatic rings. The van der Waals surface area contributed by atoms with Crippen LogP contribution in [0.4, 0.5) is 0 Å². The van der Waals surface area contributed by atoms with Gasteiger partial charge < -0.3 is 20.4 Å². The van der Waals surface area contributed by atoms with E-state index in [4.69, 9.17) is 0 Å². The molecule has 2 aromatic carbocycles. The summed E-state index contributed by atoms with van der Waals surface area (Å²) >= 11 is 0. The van der Waals surface area contributed by atoms with Gasteiger partial charge in [0.2, 0.25) is 5.78 Å². The first-order valence-electron chi connectivity index (χ1n) is 13.8. The Morgan fingerprint density at radius 1 is 1.00 bits per heavy atom. The smallest absolute Gasteiger partial charge is 0.209 e. The summed E-state index contributed by atoms with van der Waals surface area (Å²) in [4.78, 5) is 40.5. The Labute approximate surface area is 239 Å². The largest absolute Gasteiger partial charge is 0.511 e. The van der Waals surface area contributed by atoms with Gasteiger partial charge in [-0.25, -0.2) is 0 Å². The van der Waals surface area contributed by atoms with Gasteiger partial charge in [0, 0.05) is 22.3 Å². The minimum absolute atomic E-state index is 0.00607. The maximum absolute atomic E-state index is 14.2. The number of aliphatic hydroxyl groups excluding tert-OH is 2. The second kappa shape index (κ2) is 9.02. The van der Waals surface area contributed by atoms with E-state index in [9.17, 15) is 34.8 Å². The Morgan fingerprint density at radius 2 is 1.61 bits per heavy atom. The summed E-state index contributed by atoms with van der Waals surface area (Å²) in [6.07, 6.45) is 0.267. The number of carbonyl (C=O) groups excluding carboxylic acids is 3. The maximum atomic E-state index is 14.2. The molecular formula is C34H36O7. The molecule has 0 saturated carbocycles. The summed E-state index contributed by atoms with van der Waals surface area (Å²) < 4.78 is 0. The second-order valence-corrected chi connectivity index (χ2v) is 12.8. The molecule has 0 saturated heterocycles. The number of phenols is 1. The van der Waals surface area contributed by atoms with Crippen LogP contribution in [0.2, 0.25) is 0 Å². The Balaban J connectivity index is 1.78. The number of ketones is 3. The lowest BCUT2D eigenvalue weighted by molar-refractivity contribution is -0.171. The number of carbonyl (C=O) groups is 3. The number of Topliss-reactive ketones (excluding diaryl/α,β-unsaturated/α-hetero) is 3. The summed E-state index contributed by atoms with van der Waals surface area (Å²) in [6, 6.07) is 10.9. The number of phenolic OH excluding ortho intramolecular Hbond substituents is 1. The van der Waals surface area contributed by atoms with Crippen molar-refractivity contribution < 1.29 is 34.8 Å². The lowest BCUT2D eigenvalue weighted by atomic mass is 9.44. The minimum Gasteiger partial charge on any atom is -0.511 e. The Morgan fingerprint density at radius 3 is 2.15 bits per heavy atom. The van der Waals surface area contributed by atoms with Gasteiger partial charge in [0.1, 0.15) is 22.8 Å². The highest BCUT2D eigenvalue weighted by Crippen LogP contribution is 2.65. The van der Waals surface area contributed by atoms with Crippen molar-refractivity contribution in [3.63, 3.8) is 0 Å². The summed E-state index contributed by atoms with van der Waals surface area (Å²) in [7, 11) is 0. The molecule has 0 aromatic heterocycles. The number of rotatable bonds is 4. The standard InChI is InChI=1S/C34H36O7/c1-16(2)19-8-10-20(11-9-19)21-12-13-23(36)25-22(21)14-32(6)15-33(7)26(17(3)4)28(37)24(18(5)35)30(39)34(33,41)31(40)27(32)29(25)38/h8-13,17,26,36-37,40-41H,1,14-15H2,2-7H3/t26?,32-,33-,34+/m1/s1. The molecule has 0 heterocycles. The summed E-state index contributed by atoms with van der Waals surface area (Å²) in [6.45, 7) is 14.1. The predicted molar refractivity (Wildman–Crippen MR) is 155 cm³/mol. The molecule has 1 unspecified atom stereocenters. The molecule has 2 aromatic rings. The Bertz CT molecular complexity index is 1620. The summed E-state index contributed by atoms with van der Waals surface area (Å²) in [5.41, 5.74) is -1.82. The molecule has 4 atom stereocenters. The van der Waals surface area contributed by atoms with Crippen molar-refractivity contribution in [2.75, 3.05) is 0 Å². The van der Waals surface area contributed by atoms with Gasteiger partial charge in [0.05, 0.1) is 5.56 Å². The van der Waals surface area contributed by atoms with Gasteiger partial charge in [-0.1, -0.05) is 70.2 Å². The van der Waals surface area contributed by atoms with E-state index in [1.165, 1.54) is 6.07 Å². The van der Waals surface area contributed by atoms with Gasteiger partial charge in [-0.15, -0.1) is 0 Å². The lowest BCUT2D eigenvalue weighted by Gasteiger charge is -2.59. The molecule has 0 radical (unpaired) electrons. The number of hydrogen-bond donors (Lipinski definition) is 4. The first-order valence-corrected chi connectivity index (χ1v) is 13.8. The van der Waals surface area contributed by atoms with Gasteiger partial charge in [0.15, 0.2) is 17.2 Å². The average Bonchev–Trinajstić information content (AvgIpc) is 2.86. The first-order chi connectivity index (χ1) is 19.0. The fourth-order valence-corrected chi connectivity index (χ4v) is 7.94. The van der Waals surface area contributed by atoms with Crippen molar-refractivity contribution >= 4 is 22.9 Å². The molecule has 0 aliphatic heterocycles. The second-order valence-electron chi connectivity index (χ2n) is 12.8. The molecule has 41 heavy (non-hydrogen) atoms. The van der Waals surface area contributed by atoms with Gasteiger partial charge in [-0.05, 0) is 60.9 Å². The van der Waals surface area contributed by atoms with E-state index in [1.807, 2.05) is 45.0 Å². The van der Waals surface area contributed by atoms with Crippen LogP contribution in [-0.4, -0.2) is 43.4 Å². The van der Waals surface area contributed by atoms with Crippen LogP contribution < -0.4 is 0 Å². The summed E-state index contributed by atoms with van der Waals surface area (Å²) in [5.74, 6) is -5.22. The molecule has 0 bridgehead atoms. The number of hydrogen-bond acceptors (Lipinski definition) is 7. The third kappa shape index (κ3) is 3.64. The van der Waals surface area contributed by atoms with E-state index < -0.39 is 56.8 Å². The fourth-order valence-electron chi connectivity index (χ4n) is 7.94. The van der Waals surface area contributed by atoms with Crippen LogP contribution in [0.15, 0.2) is 65.6 Å². The normalized spacial score (nSPS) is 29.3. The van der Waals surface area contributed by atoms with Crippen LogP contribution in [0.1, 0.15) is 69.4 Å². The van der Waals surface area contributed by atoms with Gasteiger partial charge >= 0.3 is 0 Å². The zero-order valence-corrected chi connectivity index (χ0v) is 24.3. The van der Waals surface area contributed by atoms with Crippen molar-refractivity contribution in [3.05, 3.63) is 82.3 Å². The van der Waals surface area contributed by atoms with E-state index in [0.717, 1.165) is 29.2 Å². The molecule has 7 heteroatoms. The molecule has 214 valence electrons. The van der Waals surface area contributed by atoms with Crippen LogP contribution in [0.5, 0.6) is 5.75 Å². The molecule has 0 spiro atoms. The summed E-state index contributed by atoms with van der Waals surface area (Å²) in [5, 5.41) is 46.1. The number of fused-ring (bicyclic) bond motifs is 3. The minimum atomic E-state index is -2.62. The van der Waals surface area contributed by atoms with E-state index >= 15 is 0 Å². The predicted octanol–water partition coefficient (Wildman–Crippen LogP) is 6.05. The Kier molecular flexibility index (Phi) is 6.28. The Hall–Kier alpha value is -3.97. The van der Waals surface area contributed by atoms with E-state index in [1.54, 1.807) is 19.9 Å². The van der Waals surface area contributed by atoms with Crippen molar-refractivity contribution in [2.45, 2.75) is 60.0 Å². The monoisotopic (exact) mass is 556 g/mol. The highest BCUT2D eigenvalue weighted by atomic mass is 16.3. The van der Waals surface area contributed by atoms with Crippen molar-refractivity contribution in [1.29, 1.82) is 0 Å². The van der Waals surface area contributed by atoms with Gasteiger partial charge in [0.25, 0.3) is 0 Å². The van der Waals surface area contributed by atoms with Crippen molar-refractivity contribution in [2.24, 2.45) is 22.7 Å². The average molecular weight is 557 g/mol.